The monoisotopic (exact) mass is 372 g/mol. The predicted octanol–water partition coefficient (Wildman–Crippen LogP) is 3.07. The Morgan fingerprint density at radius 2 is 1.81 bits per heavy atom. The van der Waals surface area contributed by atoms with Crippen LogP contribution in [0.5, 0.6) is 0 Å². The number of nitrogens with zero attached hydrogens (tertiary/aromatic N) is 1. The van der Waals surface area contributed by atoms with Gasteiger partial charge in [0.1, 0.15) is 0 Å². The van der Waals surface area contributed by atoms with E-state index in [1.807, 2.05) is 17.0 Å². The second kappa shape index (κ2) is 8.55. The summed E-state index contributed by atoms with van der Waals surface area (Å²) in [5.74, 6) is -0.414. The summed E-state index contributed by atoms with van der Waals surface area (Å²) in [5.41, 5.74) is 1.60. The van der Waals surface area contributed by atoms with E-state index in [9.17, 15) is 14.4 Å². The zero-order chi connectivity index (χ0) is 19.4. The minimum absolute atomic E-state index is 0.0890. The Morgan fingerprint density at radius 3 is 2.44 bits per heavy atom. The van der Waals surface area contributed by atoms with Gasteiger partial charge in [0.15, 0.2) is 0 Å². The van der Waals surface area contributed by atoms with E-state index in [0.29, 0.717) is 24.7 Å². The van der Waals surface area contributed by atoms with E-state index in [1.165, 1.54) is 0 Å². The van der Waals surface area contributed by atoms with Gasteiger partial charge < -0.3 is 15.3 Å². The van der Waals surface area contributed by atoms with Crippen molar-refractivity contribution in [1.29, 1.82) is 0 Å². The first-order chi connectivity index (χ1) is 12.9. The number of carboxylic acid groups (broad SMARTS) is 1. The molecule has 2 N–H and O–H groups in total. The first-order valence-electron chi connectivity index (χ1n) is 9.83. The van der Waals surface area contributed by atoms with E-state index in [2.05, 4.69) is 12.2 Å². The third-order valence-corrected chi connectivity index (χ3v) is 5.80. The highest BCUT2D eigenvalue weighted by Crippen LogP contribution is 2.31. The van der Waals surface area contributed by atoms with Crippen LogP contribution in [0.25, 0.3) is 0 Å². The van der Waals surface area contributed by atoms with Crippen LogP contribution >= 0.6 is 0 Å². The third kappa shape index (κ3) is 5.08. The molecule has 146 valence electrons. The van der Waals surface area contributed by atoms with Crippen molar-refractivity contribution in [3.05, 3.63) is 29.8 Å². The average Bonchev–Trinajstić information content (AvgIpc) is 3.03. The van der Waals surface area contributed by atoms with E-state index in [0.717, 1.165) is 37.2 Å². The lowest BCUT2D eigenvalue weighted by Crippen LogP contribution is -2.39. The molecule has 1 aromatic rings. The van der Waals surface area contributed by atoms with Crippen molar-refractivity contribution in [2.24, 2.45) is 11.8 Å². The summed E-state index contributed by atoms with van der Waals surface area (Å²) < 4.78 is 0. The Labute approximate surface area is 159 Å². The molecular weight excluding hydrogens is 344 g/mol. The number of aryl methyl sites for hydroxylation is 1. The van der Waals surface area contributed by atoms with Gasteiger partial charge in [-0.1, -0.05) is 19.1 Å². The minimum Gasteiger partial charge on any atom is -0.481 e. The number of carboxylic acids is 1. The number of carbonyl (C=O) groups is 3. The summed E-state index contributed by atoms with van der Waals surface area (Å²) in [7, 11) is 0. The van der Waals surface area contributed by atoms with Crippen LogP contribution in [-0.2, 0) is 20.8 Å². The van der Waals surface area contributed by atoms with Crippen LogP contribution in [-0.4, -0.2) is 40.4 Å². The van der Waals surface area contributed by atoms with Crippen LogP contribution in [0.2, 0.25) is 0 Å². The molecule has 1 saturated heterocycles. The van der Waals surface area contributed by atoms with Crippen LogP contribution in [0.15, 0.2) is 24.3 Å². The summed E-state index contributed by atoms with van der Waals surface area (Å²) in [6.07, 6.45) is 5.23. The molecule has 1 unspecified atom stereocenters. The van der Waals surface area contributed by atoms with Crippen molar-refractivity contribution in [2.45, 2.75) is 57.9 Å². The molecule has 6 nitrogen and oxygen atoms in total. The molecule has 2 fully saturated rings. The maximum atomic E-state index is 12.6. The first kappa shape index (κ1) is 19.4. The molecule has 1 aliphatic carbocycles. The molecule has 0 spiro atoms. The smallest absolute Gasteiger partial charge is 0.303 e. The van der Waals surface area contributed by atoms with E-state index in [4.69, 9.17) is 5.11 Å². The molecular formula is C21H28N2O4. The molecule has 1 saturated carbocycles. The van der Waals surface area contributed by atoms with Crippen molar-refractivity contribution >= 4 is 23.5 Å². The van der Waals surface area contributed by atoms with Gasteiger partial charge in [0.05, 0.1) is 5.92 Å². The number of rotatable bonds is 6. The molecule has 1 heterocycles. The van der Waals surface area contributed by atoms with E-state index < -0.39 is 5.97 Å². The Balaban J connectivity index is 1.52. The number of aliphatic carboxylic acids is 1. The second-order valence-electron chi connectivity index (χ2n) is 7.94. The zero-order valence-corrected chi connectivity index (χ0v) is 15.8. The molecule has 6 heteroatoms. The van der Waals surface area contributed by atoms with Crippen LogP contribution in [0, 0.1) is 11.8 Å². The quantitative estimate of drug-likeness (QED) is 0.803. The van der Waals surface area contributed by atoms with Crippen LogP contribution in [0.1, 0.15) is 51.0 Å². The van der Waals surface area contributed by atoms with Crippen LogP contribution in [0.4, 0.5) is 5.69 Å². The molecule has 0 bridgehead atoms. The maximum Gasteiger partial charge on any atom is 0.303 e. The molecule has 0 radical (unpaired) electrons. The standard InChI is InChI=1S/C21H28N2O4/c1-14-2-9-18(10-3-14)23-13-16(12-19(23)24)21(27)22-17-7-4-15(5-8-17)6-11-20(25)26/h4-5,7-8,14,16,18H,2-3,6,9-13H2,1H3,(H,22,27)(H,25,26). The topological polar surface area (TPSA) is 86.7 Å². The van der Waals surface area contributed by atoms with Crippen LogP contribution in [0.3, 0.4) is 0 Å². The Kier molecular flexibility index (Phi) is 6.14. The number of anilines is 1. The third-order valence-electron chi connectivity index (χ3n) is 5.80. The molecule has 3 rings (SSSR count). The van der Waals surface area contributed by atoms with E-state index in [-0.39, 0.29) is 30.6 Å². The van der Waals surface area contributed by atoms with Gasteiger partial charge >= 0.3 is 5.97 Å². The van der Waals surface area contributed by atoms with Crippen molar-refractivity contribution in [3.63, 3.8) is 0 Å². The fourth-order valence-electron chi connectivity index (χ4n) is 4.06. The normalized spacial score (nSPS) is 25.4. The van der Waals surface area contributed by atoms with Crippen molar-refractivity contribution in [2.75, 3.05) is 11.9 Å². The number of benzene rings is 1. The summed E-state index contributed by atoms with van der Waals surface area (Å²) in [4.78, 5) is 37.5. The van der Waals surface area contributed by atoms with Gasteiger partial charge in [-0.05, 0) is 55.7 Å². The van der Waals surface area contributed by atoms with E-state index >= 15 is 0 Å². The van der Waals surface area contributed by atoms with E-state index in [1.54, 1.807) is 12.1 Å². The van der Waals surface area contributed by atoms with Gasteiger partial charge in [0, 0.05) is 31.1 Å². The highest BCUT2D eigenvalue weighted by molar-refractivity contribution is 5.97. The molecule has 1 atom stereocenters. The van der Waals surface area contributed by atoms with Crippen LogP contribution < -0.4 is 5.32 Å². The lowest BCUT2D eigenvalue weighted by molar-refractivity contribution is -0.137. The van der Waals surface area contributed by atoms with Crippen molar-refractivity contribution in [1.82, 2.24) is 4.90 Å². The average molecular weight is 372 g/mol. The van der Waals surface area contributed by atoms with Crippen molar-refractivity contribution in [3.8, 4) is 0 Å². The highest BCUT2D eigenvalue weighted by Gasteiger charge is 2.38. The number of likely N-dealkylation sites (tertiary alicyclic amines) is 1. The fraction of sp³-hybridized carbons (Fsp3) is 0.571. The molecule has 27 heavy (non-hydrogen) atoms. The summed E-state index contributed by atoms with van der Waals surface area (Å²) in [6, 6.07) is 7.51. The Morgan fingerprint density at radius 1 is 1.15 bits per heavy atom. The number of hydrogen-bond donors (Lipinski definition) is 2. The second-order valence-corrected chi connectivity index (χ2v) is 7.94. The van der Waals surface area contributed by atoms with Gasteiger partial charge in [-0.2, -0.15) is 0 Å². The molecule has 1 aromatic carbocycles. The summed E-state index contributed by atoms with van der Waals surface area (Å²) in [5, 5.41) is 11.6. The largest absolute Gasteiger partial charge is 0.481 e. The molecule has 1 aliphatic heterocycles. The van der Waals surface area contributed by atoms with Gasteiger partial charge in [-0.15, -0.1) is 0 Å². The maximum absolute atomic E-state index is 12.6. The lowest BCUT2D eigenvalue weighted by Gasteiger charge is -2.33. The highest BCUT2D eigenvalue weighted by atomic mass is 16.4. The van der Waals surface area contributed by atoms with Gasteiger partial charge in [0.2, 0.25) is 11.8 Å². The Hall–Kier alpha value is -2.37. The number of amides is 2. The molecule has 0 aromatic heterocycles. The molecule has 2 aliphatic rings. The summed E-state index contributed by atoms with van der Waals surface area (Å²) in [6.45, 7) is 2.77. The lowest BCUT2D eigenvalue weighted by atomic mass is 9.87. The Bertz CT molecular complexity index is 693. The fourth-order valence-corrected chi connectivity index (χ4v) is 4.06. The first-order valence-corrected chi connectivity index (χ1v) is 9.83. The predicted molar refractivity (Wildman–Crippen MR) is 102 cm³/mol. The number of nitrogens with one attached hydrogen (secondary N) is 1. The number of hydrogen-bond acceptors (Lipinski definition) is 3. The zero-order valence-electron chi connectivity index (χ0n) is 15.8. The van der Waals surface area contributed by atoms with Gasteiger partial charge in [-0.25, -0.2) is 0 Å². The molecule has 2 amide bonds. The minimum atomic E-state index is -0.824. The van der Waals surface area contributed by atoms with Gasteiger partial charge in [-0.3, -0.25) is 14.4 Å². The summed E-state index contributed by atoms with van der Waals surface area (Å²) >= 11 is 0. The van der Waals surface area contributed by atoms with Crippen molar-refractivity contribution < 1.29 is 19.5 Å². The number of carbonyl (C=O) groups excluding carboxylic acids is 2. The SMILES string of the molecule is CC1CCC(N2CC(C(=O)Nc3ccc(CCC(=O)O)cc3)CC2=O)CC1. The van der Waals surface area contributed by atoms with Gasteiger partial charge in [0.25, 0.3) is 0 Å².